The third-order valence-electron chi connectivity index (χ3n) is 4.03. The number of aromatic nitrogens is 2. The summed E-state index contributed by atoms with van der Waals surface area (Å²) in [4.78, 5) is 31.1. The smallest absolute Gasteiger partial charge is 0.433 e. The first-order valence-corrected chi connectivity index (χ1v) is 9.03. The van der Waals surface area contributed by atoms with E-state index in [2.05, 4.69) is 15.3 Å². The number of alkyl halides is 3. The second kappa shape index (κ2) is 9.13. The highest BCUT2D eigenvalue weighted by molar-refractivity contribution is 6.06. The summed E-state index contributed by atoms with van der Waals surface area (Å²) in [6.45, 7) is 3.24. The zero-order chi connectivity index (χ0) is 23.4. The Bertz CT molecular complexity index is 1010. The molecular formula is C20H21F3N4O4. The van der Waals surface area contributed by atoms with Crippen LogP contribution in [0.3, 0.4) is 0 Å². The summed E-state index contributed by atoms with van der Waals surface area (Å²) < 4.78 is 38.5. The van der Waals surface area contributed by atoms with Crippen LogP contribution in [0.5, 0.6) is 0 Å². The molecule has 0 aromatic carbocycles. The van der Waals surface area contributed by atoms with Crippen LogP contribution in [-0.4, -0.2) is 37.7 Å². The van der Waals surface area contributed by atoms with Crippen LogP contribution in [-0.2, 0) is 6.18 Å². The number of nitrogens with zero attached hydrogens (tertiary/aromatic N) is 2. The molecule has 5 N–H and O–H groups in total. The van der Waals surface area contributed by atoms with Gasteiger partial charge in [0, 0.05) is 11.9 Å². The number of aliphatic hydroxyl groups is 1. The van der Waals surface area contributed by atoms with Gasteiger partial charge in [-0.05, 0) is 51.0 Å². The summed E-state index contributed by atoms with van der Waals surface area (Å²) in [7, 11) is 0. The lowest BCUT2D eigenvalue weighted by Gasteiger charge is -2.16. The van der Waals surface area contributed by atoms with Crippen LogP contribution in [0.15, 0.2) is 36.2 Å². The molecule has 0 radical (unpaired) electrons. The lowest BCUT2D eigenvalue weighted by atomic mass is 10.0. The number of nitrogens with one attached hydrogen (secondary N) is 1. The Labute approximate surface area is 175 Å². The van der Waals surface area contributed by atoms with Crippen molar-refractivity contribution in [3.8, 4) is 0 Å². The summed E-state index contributed by atoms with van der Waals surface area (Å²) in [6.07, 6.45) is -1.60. The van der Waals surface area contributed by atoms with E-state index in [0.717, 1.165) is 18.3 Å². The third kappa shape index (κ3) is 7.07. The van der Waals surface area contributed by atoms with Crippen LogP contribution >= 0.6 is 0 Å². The number of hydrogen-bond acceptors (Lipinski definition) is 6. The molecule has 2 aromatic heterocycles. The Kier molecular flexibility index (Phi) is 7.01. The molecule has 2 aromatic rings. The van der Waals surface area contributed by atoms with Crippen molar-refractivity contribution in [1.82, 2.24) is 9.97 Å². The van der Waals surface area contributed by atoms with Crippen molar-refractivity contribution in [2.45, 2.75) is 38.5 Å². The van der Waals surface area contributed by atoms with E-state index < -0.39 is 35.0 Å². The minimum Gasteiger partial charge on any atom is -0.478 e. The monoisotopic (exact) mass is 438 g/mol. The van der Waals surface area contributed by atoms with Crippen LogP contribution in [0.4, 0.5) is 18.9 Å². The van der Waals surface area contributed by atoms with E-state index in [1.807, 2.05) is 0 Å². The Balaban J connectivity index is 2.31. The van der Waals surface area contributed by atoms with E-state index in [1.54, 1.807) is 13.8 Å². The van der Waals surface area contributed by atoms with E-state index in [9.17, 15) is 33.0 Å². The fraction of sp³-hybridized carbons (Fsp3) is 0.300. The van der Waals surface area contributed by atoms with Crippen LogP contribution in [0.2, 0.25) is 0 Å². The first kappa shape index (κ1) is 23.8. The van der Waals surface area contributed by atoms with Gasteiger partial charge in [-0.3, -0.25) is 9.78 Å². The van der Waals surface area contributed by atoms with Crippen LogP contribution in [0.1, 0.15) is 58.9 Å². The maximum atomic E-state index is 12.8. The summed E-state index contributed by atoms with van der Waals surface area (Å²) >= 11 is 0. The molecule has 2 heterocycles. The van der Waals surface area contributed by atoms with Gasteiger partial charge in [-0.1, -0.05) is 6.07 Å². The summed E-state index contributed by atoms with van der Waals surface area (Å²) in [5, 5.41) is 21.3. The minimum atomic E-state index is -4.74. The molecule has 0 saturated carbocycles. The fourth-order valence-electron chi connectivity index (χ4n) is 2.44. The van der Waals surface area contributed by atoms with E-state index in [0.29, 0.717) is 24.6 Å². The van der Waals surface area contributed by atoms with Gasteiger partial charge in [-0.2, -0.15) is 13.2 Å². The maximum Gasteiger partial charge on any atom is 0.433 e. The van der Waals surface area contributed by atoms with E-state index in [1.165, 1.54) is 12.1 Å². The second-order valence-corrected chi connectivity index (χ2v) is 7.35. The predicted molar refractivity (Wildman–Crippen MR) is 106 cm³/mol. The molecule has 0 saturated heterocycles. The Hall–Kier alpha value is -3.47. The number of carboxylic acids is 1. The first-order valence-electron chi connectivity index (χ1n) is 9.03. The normalized spacial score (nSPS) is 12.5. The van der Waals surface area contributed by atoms with Crippen molar-refractivity contribution in [2.24, 2.45) is 5.73 Å². The van der Waals surface area contributed by atoms with Gasteiger partial charge in [-0.25, -0.2) is 9.78 Å². The Morgan fingerprint density at radius 1 is 1.26 bits per heavy atom. The van der Waals surface area contributed by atoms with E-state index >= 15 is 0 Å². The number of amides is 1. The average Bonchev–Trinajstić information content (AvgIpc) is 2.65. The lowest BCUT2D eigenvalue weighted by Crippen LogP contribution is -2.19. The molecule has 0 unspecified atom stereocenters. The van der Waals surface area contributed by atoms with Crippen LogP contribution in [0.25, 0.3) is 6.08 Å². The number of carbonyl (C=O) groups excluding carboxylic acids is 1. The Morgan fingerprint density at radius 3 is 2.52 bits per heavy atom. The fourth-order valence-corrected chi connectivity index (χ4v) is 2.44. The van der Waals surface area contributed by atoms with Gasteiger partial charge < -0.3 is 21.3 Å². The van der Waals surface area contributed by atoms with Crippen molar-refractivity contribution in [3.05, 3.63) is 58.8 Å². The largest absolute Gasteiger partial charge is 0.478 e. The standard InChI is InChI=1S/C20H21F3N4O4/c1-19(2,31)7-6-11(24)8-12-9-15(13(10-25-12)18(29)30)27-17(28)14-4-3-5-16(26-14)20(21,22)23/h3-5,8-10,31H,6-7,24H2,1-2H3,(H,29,30)(H,25,27,28)/b11-8-. The van der Waals surface area contributed by atoms with Crippen molar-refractivity contribution in [2.75, 3.05) is 5.32 Å². The van der Waals surface area contributed by atoms with Crippen molar-refractivity contribution in [1.29, 1.82) is 0 Å². The summed E-state index contributed by atoms with van der Waals surface area (Å²) in [5.41, 5.74) is 3.19. The zero-order valence-corrected chi connectivity index (χ0v) is 16.7. The summed E-state index contributed by atoms with van der Waals surface area (Å²) in [5.74, 6) is -2.42. The van der Waals surface area contributed by atoms with Crippen molar-refractivity contribution < 1.29 is 33.0 Å². The number of anilines is 1. The molecule has 0 aliphatic heterocycles. The number of halogens is 3. The highest BCUT2D eigenvalue weighted by atomic mass is 19.4. The van der Waals surface area contributed by atoms with Gasteiger partial charge in [0.05, 0.1) is 17.0 Å². The van der Waals surface area contributed by atoms with Crippen LogP contribution in [0, 0.1) is 0 Å². The second-order valence-electron chi connectivity index (χ2n) is 7.35. The molecule has 0 spiro atoms. The van der Waals surface area contributed by atoms with Crippen molar-refractivity contribution >= 4 is 23.6 Å². The number of carboxylic acid groups (broad SMARTS) is 1. The quantitative estimate of drug-likeness (QED) is 0.520. The van der Waals surface area contributed by atoms with Gasteiger partial charge in [0.25, 0.3) is 5.91 Å². The van der Waals surface area contributed by atoms with Gasteiger partial charge in [-0.15, -0.1) is 0 Å². The SMILES string of the molecule is CC(C)(O)CC/C(N)=C/c1cc(NC(=O)c2cccc(C(F)(F)F)n2)c(C(=O)O)cn1. The molecule has 8 nitrogen and oxygen atoms in total. The highest BCUT2D eigenvalue weighted by Crippen LogP contribution is 2.27. The minimum absolute atomic E-state index is 0.187. The molecule has 1 amide bonds. The van der Waals surface area contributed by atoms with Gasteiger partial charge in [0.15, 0.2) is 0 Å². The zero-order valence-electron chi connectivity index (χ0n) is 16.7. The number of nitrogens with two attached hydrogens (primary N) is 1. The number of rotatable bonds is 7. The average molecular weight is 438 g/mol. The molecule has 0 atom stereocenters. The molecule has 2 rings (SSSR count). The maximum absolute atomic E-state index is 12.8. The molecule has 0 fully saturated rings. The topological polar surface area (TPSA) is 138 Å². The molecule has 0 aliphatic rings. The highest BCUT2D eigenvalue weighted by Gasteiger charge is 2.33. The van der Waals surface area contributed by atoms with Crippen molar-refractivity contribution in [3.63, 3.8) is 0 Å². The first-order chi connectivity index (χ1) is 14.3. The number of aromatic carboxylic acids is 1. The molecule has 0 aliphatic carbocycles. The number of carbonyl (C=O) groups is 2. The molecule has 166 valence electrons. The van der Waals surface area contributed by atoms with Gasteiger partial charge in [0.2, 0.25) is 0 Å². The summed E-state index contributed by atoms with van der Waals surface area (Å²) in [6, 6.07) is 4.03. The molecule has 0 bridgehead atoms. The van der Waals surface area contributed by atoms with E-state index in [-0.39, 0.29) is 16.9 Å². The molecular weight excluding hydrogens is 417 g/mol. The van der Waals surface area contributed by atoms with E-state index in [4.69, 9.17) is 5.73 Å². The number of hydrogen-bond donors (Lipinski definition) is 4. The predicted octanol–water partition coefficient (Wildman–Crippen LogP) is 3.30. The van der Waals surface area contributed by atoms with Gasteiger partial charge >= 0.3 is 12.1 Å². The Morgan fingerprint density at radius 2 is 1.94 bits per heavy atom. The third-order valence-corrected chi connectivity index (χ3v) is 4.03. The number of pyridine rings is 2. The lowest BCUT2D eigenvalue weighted by molar-refractivity contribution is -0.141. The molecule has 31 heavy (non-hydrogen) atoms. The van der Waals surface area contributed by atoms with Crippen LogP contribution < -0.4 is 11.1 Å². The number of allylic oxidation sites excluding steroid dienone is 1. The van der Waals surface area contributed by atoms with Gasteiger partial charge in [0.1, 0.15) is 17.0 Å². The molecule has 11 heteroatoms.